The number of fused-ring (bicyclic) bond motifs is 6. The first-order chi connectivity index (χ1) is 30.8. The van der Waals surface area contributed by atoms with Gasteiger partial charge in [-0.2, -0.15) is 0 Å². The zero-order chi connectivity index (χ0) is 41.0. The number of aromatic nitrogens is 3. The van der Waals surface area contributed by atoms with Gasteiger partial charge in [0, 0.05) is 36.9 Å². The van der Waals surface area contributed by atoms with E-state index in [9.17, 15) is 0 Å². The summed E-state index contributed by atoms with van der Waals surface area (Å²) >= 11 is 1.81. The lowest BCUT2D eigenvalue weighted by Gasteiger charge is -2.35. The number of nitrogens with zero attached hydrogens (tertiary/aromatic N) is 3. The van der Waals surface area contributed by atoms with Crippen molar-refractivity contribution < 1.29 is 0 Å². The fourth-order valence-electron chi connectivity index (χ4n) is 9.81. The zero-order valence-electron chi connectivity index (χ0n) is 33.6. The van der Waals surface area contributed by atoms with Crippen molar-refractivity contribution in [2.24, 2.45) is 0 Å². The van der Waals surface area contributed by atoms with E-state index in [1.807, 2.05) is 47.7 Å². The summed E-state index contributed by atoms with van der Waals surface area (Å²) in [6, 6.07) is 80.8. The van der Waals surface area contributed by atoms with Gasteiger partial charge in [-0.15, -0.1) is 11.3 Å². The van der Waals surface area contributed by atoms with Crippen molar-refractivity contribution in [3.8, 4) is 67.5 Å². The van der Waals surface area contributed by atoms with Crippen molar-refractivity contribution in [1.29, 1.82) is 0 Å². The van der Waals surface area contributed by atoms with Crippen LogP contribution in [0.5, 0.6) is 0 Å². The van der Waals surface area contributed by atoms with E-state index < -0.39 is 5.41 Å². The Morgan fingerprint density at radius 1 is 0.323 bits per heavy atom. The van der Waals surface area contributed by atoms with Crippen molar-refractivity contribution in [3.63, 3.8) is 0 Å². The summed E-state index contributed by atoms with van der Waals surface area (Å²) in [6.45, 7) is 0. The Balaban J connectivity index is 1.08. The van der Waals surface area contributed by atoms with Gasteiger partial charge < -0.3 is 0 Å². The Morgan fingerprint density at radius 2 is 0.806 bits per heavy atom. The highest BCUT2D eigenvalue weighted by Crippen LogP contribution is 2.59. The van der Waals surface area contributed by atoms with Crippen LogP contribution in [0.3, 0.4) is 0 Å². The third kappa shape index (κ3) is 5.68. The smallest absolute Gasteiger partial charge is 0.164 e. The number of hydrogen-bond donors (Lipinski definition) is 0. The van der Waals surface area contributed by atoms with Gasteiger partial charge in [0.1, 0.15) is 0 Å². The van der Waals surface area contributed by atoms with Crippen LogP contribution < -0.4 is 0 Å². The molecule has 0 radical (unpaired) electrons. The van der Waals surface area contributed by atoms with Crippen molar-refractivity contribution in [3.05, 3.63) is 247 Å². The molecule has 62 heavy (non-hydrogen) atoms. The highest BCUT2D eigenvalue weighted by atomic mass is 32.1. The van der Waals surface area contributed by atoms with Crippen molar-refractivity contribution in [1.82, 2.24) is 15.0 Å². The van der Waals surface area contributed by atoms with E-state index in [0.29, 0.717) is 17.5 Å². The third-order valence-electron chi connectivity index (χ3n) is 12.4. The van der Waals surface area contributed by atoms with Crippen LogP contribution in [0.1, 0.15) is 22.3 Å². The van der Waals surface area contributed by atoms with Gasteiger partial charge in [0.15, 0.2) is 17.5 Å². The molecule has 0 atom stereocenters. The van der Waals surface area contributed by atoms with Crippen molar-refractivity contribution in [2.75, 3.05) is 0 Å². The minimum absolute atomic E-state index is 0.525. The minimum Gasteiger partial charge on any atom is -0.208 e. The number of thiophene rings is 1. The fraction of sp³-hybridized carbons (Fsp3) is 0.0172. The standard InChI is InChI=1S/C58H37N3S/c1-5-19-38(20-6-1)55-59-56(39-21-7-2-8-22-39)61-57(60-55)48-32-18-34-52-53(48)49-37-40(35-36-51(49)62-52)43-27-13-14-28-44(43)46-30-17-31-47-45-29-15-16-33-50(45)58(54(46)47,41-23-9-3-10-24-41)42-25-11-4-12-26-42/h1-37H. The Morgan fingerprint density at radius 3 is 1.45 bits per heavy atom. The lowest BCUT2D eigenvalue weighted by molar-refractivity contribution is 0.770. The summed E-state index contributed by atoms with van der Waals surface area (Å²) in [7, 11) is 0. The summed E-state index contributed by atoms with van der Waals surface area (Å²) < 4.78 is 2.41. The van der Waals surface area contributed by atoms with E-state index in [1.54, 1.807) is 0 Å². The topological polar surface area (TPSA) is 38.7 Å². The van der Waals surface area contributed by atoms with Crippen LogP contribution in [-0.4, -0.2) is 15.0 Å². The molecule has 4 heteroatoms. The molecule has 11 aromatic rings. The minimum atomic E-state index is -0.525. The summed E-state index contributed by atoms with van der Waals surface area (Å²) in [5.41, 5.74) is 14.8. The van der Waals surface area contributed by atoms with E-state index in [1.165, 1.54) is 64.9 Å². The molecule has 0 aliphatic heterocycles. The van der Waals surface area contributed by atoms with E-state index >= 15 is 0 Å². The van der Waals surface area contributed by atoms with Gasteiger partial charge in [0.25, 0.3) is 0 Å². The predicted molar refractivity (Wildman–Crippen MR) is 257 cm³/mol. The molecule has 0 spiro atoms. The molecule has 0 N–H and O–H groups in total. The molecule has 3 nitrogen and oxygen atoms in total. The maximum absolute atomic E-state index is 5.17. The molecule has 1 aliphatic rings. The molecule has 9 aromatic carbocycles. The van der Waals surface area contributed by atoms with Gasteiger partial charge in [0.05, 0.1) is 5.41 Å². The molecule has 0 bridgehead atoms. The Kier molecular flexibility index (Phi) is 8.58. The van der Waals surface area contributed by atoms with E-state index in [0.717, 1.165) is 27.6 Å². The summed E-state index contributed by atoms with van der Waals surface area (Å²) in [5.74, 6) is 1.96. The monoisotopic (exact) mass is 807 g/mol. The van der Waals surface area contributed by atoms with Gasteiger partial charge in [-0.3, -0.25) is 0 Å². The Labute approximate surface area is 364 Å². The molecule has 12 rings (SSSR count). The lowest BCUT2D eigenvalue weighted by atomic mass is 9.66. The first kappa shape index (κ1) is 36.1. The first-order valence-electron chi connectivity index (χ1n) is 21.0. The summed E-state index contributed by atoms with van der Waals surface area (Å²) in [4.78, 5) is 15.3. The molecular weight excluding hydrogens is 771 g/mol. The van der Waals surface area contributed by atoms with Gasteiger partial charge in [-0.1, -0.05) is 206 Å². The summed E-state index contributed by atoms with van der Waals surface area (Å²) in [5, 5.41) is 2.34. The largest absolute Gasteiger partial charge is 0.208 e. The molecular formula is C58H37N3S. The van der Waals surface area contributed by atoms with Gasteiger partial charge >= 0.3 is 0 Å². The van der Waals surface area contributed by atoms with Crippen molar-refractivity contribution >= 4 is 31.5 Å². The molecule has 0 fully saturated rings. The highest BCUT2D eigenvalue weighted by Gasteiger charge is 2.47. The quantitative estimate of drug-likeness (QED) is 0.161. The average molecular weight is 808 g/mol. The van der Waals surface area contributed by atoms with Gasteiger partial charge in [-0.05, 0) is 73.8 Å². The van der Waals surface area contributed by atoms with Crippen LogP contribution in [-0.2, 0) is 5.41 Å². The molecule has 1 aliphatic carbocycles. The normalized spacial score (nSPS) is 12.6. The van der Waals surface area contributed by atoms with E-state index in [4.69, 9.17) is 15.0 Å². The lowest BCUT2D eigenvalue weighted by Crippen LogP contribution is -2.29. The molecule has 290 valence electrons. The van der Waals surface area contributed by atoms with Gasteiger partial charge in [-0.25, -0.2) is 15.0 Å². The first-order valence-corrected chi connectivity index (χ1v) is 21.8. The van der Waals surface area contributed by atoms with Crippen LogP contribution in [0.4, 0.5) is 0 Å². The van der Waals surface area contributed by atoms with Crippen LogP contribution in [0.15, 0.2) is 224 Å². The molecule has 2 heterocycles. The SMILES string of the molecule is c1ccc(-c2nc(-c3ccccc3)nc(-c3cccc4sc5ccc(-c6ccccc6-c6cccc7c6C(c6ccccc6)(c6ccccc6)c6ccccc6-7)cc5c34)n2)cc1. The van der Waals surface area contributed by atoms with Crippen LogP contribution in [0, 0.1) is 0 Å². The fourth-order valence-corrected chi connectivity index (χ4v) is 10.9. The molecule has 0 saturated heterocycles. The summed E-state index contributed by atoms with van der Waals surface area (Å²) in [6.07, 6.45) is 0. The maximum Gasteiger partial charge on any atom is 0.164 e. The second kappa shape index (κ2) is 14.7. The van der Waals surface area contributed by atoms with E-state index in [2.05, 4.69) is 188 Å². The van der Waals surface area contributed by atoms with Crippen LogP contribution in [0.2, 0.25) is 0 Å². The predicted octanol–water partition coefficient (Wildman–Crippen LogP) is 14.9. The highest BCUT2D eigenvalue weighted by molar-refractivity contribution is 7.26. The Bertz CT molecular complexity index is 3350. The third-order valence-corrected chi connectivity index (χ3v) is 13.6. The molecule has 0 unspecified atom stereocenters. The van der Waals surface area contributed by atoms with Crippen molar-refractivity contribution in [2.45, 2.75) is 5.41 Å². The number of rotatable bonds is 7. The zero-order valence-corrected chi connectivity index (χ0v) is 34.4. The van der Waals surface area contributed by atoms with E-state index in [-0.39, 0.29) is 0 Å². The second-order valence-corrected chi connectivity index (χ2v) is 16.9. The molecule has 0 saturated carbocycles. The average Bonchev–Trinajstić information content (AvgIpc) is 3.89. The van der Waals surface area contributed by atoms with Gasteiger partial charge in [0.2, 0.25) is 0 Å². The molecule has 2 aromatic heterocycles. The number of benzene rings is 9. The Hall–Kier alpha value is -7.79. The van der Waals surface area contributed by atoms with Crippen LogP contribution >= 0.6 is 11.3 Å². The maximum atomic E-state index is 5.17. The van der Waals surface area contributed by atoms with Crippen LogP contribution in [0.25, 0.3) is 87.7 Å². The number of hydrogen-bond acceptors (Lipinski definition) is 4. The second-order valence-electron chi connectivity index (χ2n) is 15.8. The molecule has 0 amide bonds.